The summed E-state index contributed by atoms with van der Waals surface area (Å²) in [4.78, 5) is 14.0. The van der Waals surface area contributed by atoms with Crippen LogP contribution in [0.1, 0.15) is 31.4 Å². The summed E-state index contributed by atoms with van der Waals surface area (Å²) >= 11 is 0. The molecule has 4 rings (SSSR count). The predicted molar refractivity (Wildman–Crippen MR) is 97.9 cm³/mol. The smallest absolute Gasteiger partial charge is 0.142 e. The summed E-state index contributed by atoms with van der Waals surface area (Å²) in [6.45, 7) is 2.30. The molecule has 0 spiro atoms. The standard InChI is InChI=1S/C20H22N4/c1-13-10-16(11-15-8-5-9-22-18(13)15)19-20(24-17(21)12-23-19)14-6-3-2-4-7-14/h2-9,12-13,15-16,18H,10-11H2,1H3,(H2,21,24). The molecule has 2 heterocycles. The lowest BCUT2D eigenvalue weighted by atomic mass is 9.70. The summed E-state index contributed by atoms with van der Waals surface area (Å²) in [5.74, 6) is 1.90. The highest BCUT2D eigenvalue weighted by Gasteiger charge is 2.37. The molecule has 4 nitrogen and oxygen atoms in total. The van der Waals surface area contributed by atoms with Gasteiger partial charge in [-0.25, -0.2) is 4.98 Å². The second-order valence-corrected chi connectivity index (χ2v) is 6.88. The molecule has 1 aromatic heterocycles. The van der Waals surface area contributed by atoms with Crippen LogP contribution in [0, 0.1) is 11.8 Å². The van der Waals surface area contributed by atoms with Crippen LogP contribution in [0.4, 0.5) is 5.82 Å². The quantitative estimate of drug-likeness (QED) is 0.914. The molecule has 2 aromatic rings. The summed E-state index contributed by atoms with van der Waals surface area (Å²) < 4.78 is 0. The fraction of sp³-hybridized carbons (Fsp3) is 0.350. The largest absolute Gasteiger partial charge is 0.382 e. The monoisotopic (exact) mass is 318 g/mol. The third-order valence-corrected chi connectivity index (χ3v) is 5.19. The number of benzene rings is 1. The van der Waals surface area contributed by atoms with Gasteiger partial charge in [0, 0.05) is 23.6 Å². The topological polar surface area (TPSA) is 64.2 Å². The normalized spacial score (nSPS) is 28.5. The van der Waals surface area contributed by atoms with E-state index in [1.54, 1.807) is 6.20 Å². The molecule has 4 atom stereocenters. The fourth-order valence-corrected chi connectivity index (χ4v) is 4.11. The lowest BCUT2D eigenvalue weighted by Crippen LogP contribution is -2.34. The van der Waals surface area contributed by atoms with E-state index in [4.69, 9.17) is 10.7 Å². The lowest BCUT2D eigenvalue weighted by Gasteiger charge is -2.38. The number of allylic oxidation sites excluding steroid dienone is 1. The molecular weight excluding hydrogens is 296 g/mol. The molecule has 1 aliphatic carbocycles. The second-order valence-electron chi connectivity index (χ2n) is 6.88. The second kappa shape index (κ2) is 6.19. The van der Waals surface area contributed by atoms with E-state index in [9.17, 15) is 0 Å². The Kier molecular flexibility index (Phi) is 3.89. The highest BCUT2D eigenvalue weighted by molar-refractivity contribution is 5.72. The molecule has 0 bridgehead atoms. The average molecular weight is 318 g/mol. The van der Waals surface area contributed by atoms with E-state index in [-0.39, 0.29) is 0 Å². The van der Waals surface area contributed by atoms with Crippen LogP contribution in [-0.4, -0.2) is 22.2 Å². The van der Waals surface area contributed by atoms with E-state index in [0.29, 0.717) is 29.6 Å². The number of fused-ring (bicyclic) bond motifs is 1. The minimum absolute atomic E-state index is 0.391. The summed E-state index contributed by atoms with van der Waals surface area (Å²) in [6, 6.07) is 10.6. The van der Waals surface area contributed by atoms with Crippen LogP contribution in [0.2, 0.25) is 0 Å². The SMILES string of the molecule is CC1CC(c2ncc(N)nc2-c2ccccc2)CC2C=CC=NC12. The van der Waals surface area contributed by atoms with Crippen LogP contribution in [0.3, 0.4) is 0 Å². The van der Waals surface area contributed by atoms with Gasteiger partial charge in [-0.3, -0.25) is 9.98 Å². The molecule has 2 aliphatic rings. The van der Waals surface area contributed by atoms with Gasteiger partial charge in [0.1, 0.15) is 5.82 Å². The van der Waals surface area contributed by atoms with Crippen LogP contribution in [-0.2, 0) is 0 Å². The third kappa shape index (κ3) is 2.73. The first-order chi connectivity index (χ1) is 11.7. The molecule has 4 unspecified atom stereocenters. The van der Waals surface area contributed by atoms with Crippen LogP contribution in [0.15, 0.2) is 53.7 Å². The Hall–Kier alpha value is -2.49. The molecule has 0 saturated heterocycles. The third-order valence-electron chi connectivity index (χ3n) is 5.19. The van der Waals surface area contributed by atoms with Crippen molar-refractivity contribution < 1.29 is 0 Å². The van der Waals surface area contributed by atoms with Gasteiger partial charge in [0.25, 0.3) is 0 Å². The first-order valence-corrected chi connectivity index (χ1v) is 8.60. The fourth-order valence-electron chi connectivity index (χ4n) is 4.11. The van der Waals surface area contributed by atoms with Crippen LogP contribution >= 0.6 is 0 Å². The maximum Gasteiger partial charge on any atom is 0.142 e. The van der Waals surface area contributed by atoms with E-state index in [1.807, 2.05) is 24.4 Å². The van der Waals surface area contributed by atoms with Gasteiger partial charge in [-0.15, -0.1) is 0 Å². The Balaban J connectivity index is 1.72. The number of nitrogens with two attached hydrogens (primary N) is 1. The molecule has 1 fully saturated rings. The van der Waals surface area contributed by atoms with Crippen molar-refractivity contribution in [3.05, 3.63) is 54.4 Å². The van der Waals surface area contributed by atoms with Gasteiger partial charge in [-0.2, -0.15) is 0 Å². The Morgan fingerprint density at radius 3 is 2.79 bits per heavy atom. The minimum Gasteiger partial charge on any atom is -0.382 e. The van der Waals surface area contributed by atoms with E-state index >= 15 is 0 Å². The zero-order valence-corrected chi connectivity index (χ0v) is 13.8. The van der Waals surface area contributed by atoms with Crippen molar-refractivity contribution in [2.24, 2.45) is 16.8 Å². The lowest BCUT2D eigenvalue weighted by molar-refractivity contribution is 0.243. The zero-order valence-electron chi connectivity index (χ0n) is 13.8. The highest BCUT2D eigenvalue weighted by Crippen LogP contribution is 2.43. The Morgan fingerprint density at radius 2 is 1.96 bits per heavy atom. The molecule has 0 radical (unpaired) electrons. The number of nitrogens with zero attached hydrogens (tertiary/aromatic N) is 3. The summed E-state index contributed by atoms with van der Waals surface area (Å²) in [6.07, 6.45) is 10.2. The molecule has 1 aliphatic heterocycles. The maximum atomic E-state index is 5.92. The average Bonchev–Trinajstić information content (AvgIpc) is 2.62. The van der Waals surface area contributed by atoms with E-state index in [1.165, 1.54) is 0 Å². The Morgan fingerprint density at radius 1 is 1.12 bits per heavy atom. The summed E-state index contributed by atoms with van der Waals surface area (Å²) in [5, 5.41) is 0. The maximum absolute atomic E-state index is 5.92. The van der Waals surface area contributed by atoms with E-state index in [2.05, 4.69) is 41.2 Å². The molecule has 1 saturated carbocycles. The number of aromatic nitrogens is 2. The van der Waals surface area contributed by atoms with Crippen molar-refractivity contribution in [1.82, 2.24) is 9.97 Å². The molecular formula is C20H22N4. The van der Waals surface area contributed by atoms with Gasteiger partial charge < -0.3 is 5.73 Å². The van der Waals surface area contributed by atoms with Crippen molar-refractivity contribution in [3.63, 3.8) is 0 Å². The highest BCUT2D eigenvalue weighted by atomic mass is 14.9. The minimum atomic E-state index is 0.391. The Labute approximate surface area is 142 Å². The number of anilines is 1. The summed E-state index contributed by atoms with van der Waals surface area (Å²) in [7, 11) is 0. The van der Waals surface area contributed by atoms with Gasteiger partial charge in [-0.05, 0) is 24.8 Å². The molecule has 0 amide bonds. The van der Waals surface area contributed by atoms with Crippen LogP contribution in [0.5, 0.6) is 0 Å². The zero-order chi connectivity index (χ0) is 16.5. The predicted octanol–water partition coefficient (Wildman–Crippen LogP) is 3.86. The number of rotatable bonds is 2. The molecule has 4 heteroatoms. The number of aliphatic imine (C=N–C) groups is 1. The van der Waals surface area contributed by atoms with Gasteiger partial charge >= 0.3 is 0 Å². The molecule has 122 valence electrons. The van der Waals surface area contributed by atoms with Crippen LogP contribution in [0.25, 0.3) is 11.3 Å². The van der Waals surface area contributed by atoms with Crippen molar-refractivity contribution in [3.8, 4) is 11.3 Å². The van der Waals surface area contributed by atoms with Gasteiger partial charge in [-0.1, -0.05) is 43.3 Å². The molecule has 2 N–H and O–H groups in total. The van der Waals surface area contributed by atoms with Crippen molar-refractivity contribution in [2.75, 3.05) is 5.73 Å². The Bertz CT molecular complexity index is 781. The first-order valence-electron chi connectivity index (χ1n) is 8.60. The van der Waals surface area contributed by atoms with Gasteiger partial charge in [0.2, 0.25) is 0 Å². The van der Waals surface area contributed by atoms with E-state index in [0.717, 1.165) is 29.8 Å². The summed E-state index contributed by atoms with van der Waals surface area (Å²) in [5.41, 5.74) is 9.00. The number of hydrogen-bond acceptors (Lipinski definition) is 4. The van der Waals surface area contributed by atoms with Crippen molar-refractivity contribution >= 4 is 12.0 Å². The van der Waals surface area contributed by atoms with Gasteiger partial charge in [0.05, 0.1) is 23.6 Å². The van der Waals surface area contributed by atoms with Crippen molar-refractivity contribution in [1.29, 1.82) is 0 Å². The number of nitrogen functional groups attached to an aromatic ring is 1. The number of hydrogen-bond donors (Lipinski definition) is 1. The first kappa shape index (κ1) is 15.1. The molecule has 24 heavy (non-hydrogen) atoms. The molecule has 1 aromatic carbocycles. The van der Waals surface area contributed by atoms with Gasteiger partial charge in [0.15, 0.2) is 0 Å². The van der Waals surface area contributed by atoms with Crippen molar-refractivity contribution in [2.45, 2.75) is 31.7 Å². The van der Waals surface area contributed by atoms with Crippen LogP contribution < -0.4 is 5.73 Å². The van der Waals surface area contributed by atoms with E-state index < -0.39 is 0 Å². The number of dihydropyridines is 1.